The standard InChI is InChI=1S/C18H19F3N2O2/c1-10-8-11(2)17(12(3)9-10)25-7-6-22-18(24)23-14-5-4-13(19)15(20)16(14)21/h4-5,8-9H,6-7H2,1-3H3,(H2,22,23,24). The van der Waals surface area contributed by atoms with Crippen LogP contribution in [0.5, 0.6) is 5.75 Å². The molecule has 0 fully saturated rings. The molecule has 2 aromatic carbocycles. The lowest BCUT2D eigenvalue weighted by atomic mass is 10.1. The number of halogens is 3. The number of benzene rings is 2. The maximum absolute atomic E-state index is 13.5. The fraction of sp³-hybridized carbons (Fsp3) is 0.278. The highest BCUT2D eigenvalue weighted by molar-refractivity contribution is 5.89. The van der Waals surface area contributed by atoms with Gasteiger partial charge >= 0.3 is 6.03 Å². The van der Waals surface area contributed by atoms with Gasteiger partial charge in [0, 0.05) is 0 Å². The number of carbonyl (C=O) groups excluding carboxylic acids is 1. The average Bonchev–Trinajstić information content (AvgIpc) is 2.54. The van der Waals surface area contributed by atoms with Crippen molar-refractivity contribution in [1.82, 2.24) is 5.32 Å². The van der Waals surface area contributed by atoms with Gasteiger partial charge in [-0.15, -0.1) is 0 Å². The van der Waals surface area contributed by atoms with Crippen molar-refractivity contribution in [2.24, 2.45) is 0 Å². The Bertz CT molecular complexity index is 771. The number of hydrogen-bond acceptors (Lipinski definition) is 2. The van der Waals surface area contributed by atoms with Crippen LogP contribution in [0.3, 0.4) is 0 Å². The summed E-state index contributed by atoms with van der Waals surface area (Å²) < 4.78 is 45.1. The van der Waals surface area contributed by atoms with Crippen LogP contribution < -0.4 is 15.4 Å². The number of aryl methyl sites for hydroxylation is 3. The molecule has 0 aromatic heterocycles. The molecule has 2 aromatic rings. The third-order valence-corrected chi connectivity index (χ3v) is 3.52. The summed E-state index contributed by atoms with van der Waals surface area (Å²) in [4.78, 5) is 11.7. The van der Waals surface area contributed by atoms with E-state index >= 15 is 0 Å². The van der Waals surface area contributed by atoms with Crippen molar-refractivity contribution < 1.29 is 22.7 Å². The molecule has 7 heteroatoms. The van der Waals surface area contributed by atoms with Crippen LogP contribution in [-0.4, -0.2) is 19.2 Å². The van der Waals surface area contributed by atoms with Crippen LogP contribution in [0, 0.1) is 38.2 Å². The molecule has 0 bridgehead atoms. The Hall–Kier alpha value is -2.70. The number of amides is 2. The SMILES string of the molecule is Cc1cc(C)c(OCCNC(=O)Nc2ccc(F)c(F)c2F)c(C)c1. The molecule has 0 atom stereocenters. The van der Waals surface area contributed by atoms with Gasteiger partial charge in [0.1, 0.15) is 12.4 Å². The number of carbonyl (C=O) groups is 1. The van der Waals surface area contributed by atoms with Crippen LogP contribution in [0.25, 0.3) is 0 Å². The summed E-state index contributed by atoms with van der Waals surface area (Å²) in [5.41, 5.74) is 2.67. The van der Waals surface area contributed by atoms with Crippen molar-refractivity contribution in [2.45, 2.75) is 20.8 Å². The third-order valence-electron chi connectivity index (χ3n) is 3.52. The van der Waals surface area contributed by atoms with Gasteiger partial charge in [0.25, 0.3) is 0 Å². The van der Waals surface area contributed by atoms with Crippen molar-refractivity contribution in [1.29, 1.82) is 0 Å². The van der Waals surface area contributed by atoms with E-state index in [0.717, 1.165) is 34.6 Å². The molecule has 0 unspecified atom stereocenters. The molecule has 0 aliphatic rings. The Kier molecular flexibility index (Phi) is 5.90. The lowest BCUT2D eigenvalue weighted by Gasteiger charge is -2.14. The minimum Gasteiger partial charge on any atom is -0.491 e. The topological polar surface area (TPSA) is 50.4 Å². The summed E-state index contributed by atoms with van der Waals surface area (Å²) in [6, 6.07) is 4.93. The number of hydrogen-bond donors (Lipinski definition) is 2. The van der Waals surface area contributed by atoms with Crippen molar-refractivity contribution in [2.75, 3.05) is 18.5 Å². The van der Waals surface area contributed by atoms with Crippen molar-refractivity contribution in [3.05, 3.63) is 58.4 Å². The molecule has 0 aliphatic heterocycles. The van der Waals surface area contributed by atoms with Crippen LogP contribution in [0.15, 0.2) is 24.3 Å². The molecule has 0 saturated heterocycles. The highest BCUT2D eigenvalue weighted by Crippen LogP contribution is 2.24. The summed E-state index contributed by atoms with van der Waals surface area (Å²) in [7, 11) is 0. The average molecular weight is 352 g/mol. The smallest absolute Gasteiger partial charge is 0.319 e. The van der Waals surface area contributed by atoms with E-state index in [1.807, 2.05) is 32.9 Å². The lowest BCUT2D eigenvalue weighted by Crippen LogP contribution is -2.32. The normalized spacial score (nSPS) is 10.5. The predicted octanol–water partition coefficient (Wildman–Crippen LogP) is 4.23. The van der Waals surface area contributed by atoms with E-state index in [0.29, 0.717) is 0 Å². The zero-order valence-corrected chi connectivity index (χ0v) is 14.2. The number of anilines is 1. The van der Waals surface area contributed by atoms with E-state index in [1.54, 1.807) is 0 Å². The van der Waals surface area contributed by atoms with Crippen LogP contribution >= 0.6 is 0 Å². The highest BCUT2D eigenvalue weighted by Gasteiger charge is 2.15. The first-order valence-electron chi connectivity index (χ1n) is 7.68. The Labute approximate surface area is 144 Å². The first-order valence-corrected chi connectivity index (χ1v) is 7.68. The van der Waals surface area contributed by atoms with Gasteiger partial charge in [-0.1, -0.05) is 17.7 Å². The Morgan fingerprint density at radius 2 is 1.68 bits per heavy atom. The maximum Gasteiger partial charge on any atom is 0.319 e. The molecule has 2 amide bonds. The minimum absolute atomic E-state index is 0.157. The second kappa shape index (κ2) is 7.92. The Morgan fingerprint density at radius 3 is 2.32 bits per heavy atom. The first-order chi connectivity index (χ1) is 11.8. The van der Waals surface area contributed by atoms with E-state index in [4.69, 9.17) is 4.74 Å². The van der Waals surface area contributed by atoms with Gasteiger partial charge in [-0.2, -0.15) is 0 Å². The van der Waals surface area contributed by atoms with Gasteiger partial charge in [-0.05, 0) is 44.0 Å². The zero-order chi connectivity index (χ0) is 18.6. The third kappa shape index (κ3) is 4.65. The van der Waals surface area contributed by atoms with Gasteiger partial charge in [-0.25, -0.2) is 18.0 Å². The molecule has 0 spiro atoms. The van der Waals surface area contributed by atoms with Crippen LogP contribution in [-0.2, 0) is 0 Å². The van der Waals surface area contributed by atoms with E-state index in [-0.39, 0.29) is 13.2 Å². The summed E-state index contributed by atoms with van der Waals surface area (Å²) >= 11 is 0. The highest BCUT2D eigenvalue weighted by atomic mass is 19.2. The summed E-state index contributed by atoms with van der Waals surface area (Å²) in [6.07, 6.45) is 0. The van der Waals surface area contributed by atoms with Gasteiger partial charge < -0.3 is 15.4 Å². The molecule has 25 heavy (non-hydrogen) atoms. The predicted molar refractivity (Wildman–Crippen MR) is 89.5 cm³/mol. The van der Waals surface area contributed by atoms with Gasteiger partial charge in [0.05, 0.1) is 12.2 Å². The van der Waals surface area contributed by atoms with Crippen molar-refractivity contribution in [3.8, 4) is 5.75 Å². The number of nitrogens with one attached hydrogen (secondary N) is 2. The summed E-state index contributed by atoms with van der Waals surface area (Å²) in [5, 5.41) is 4.57. The molecule has 0 heterocycles. The first kappa shape index (κ1) is 18.6. The fourth-order valence-corrected chi connectivity index (χ4v) is 2.50. The lowest BCUT2D eigenvalue weighted by molar-refractivity contribution is 0.247. The quantitative estimate of drug-likeness (QED) is 0.625. The second-order valence-corrected chi connectivity index (χ2v) is 5.68. The molecule has 2 rings (SSSR count). The maximum atomic E-state index is 13.5. The van der Waals surface area contributed by atoms with Crippen molar-refractivity contribution in [3.63, 3.8) is 0 Å². The van der Waals surface area contributed by atoms with Crippen LogP contribution in [0.4, 0.5) is 23.7 Å². The summed E-state index contributed by atoms with van der Waals surface area (Å²) in [5.74, 6) is -3.65. The largest absolute Gasteiger partial charge is 0.491 e. The number of ether oxygens (including phenoxy) is 1. The Balaban J connectivity index is 1.85. The fourth-order valence-electron chi connectivity index (χ4n) is 2.50. The number of urea groups is 1. The van der Waals surface area contributed by atoms with E-state index in [2.05, 4.69) is 10.6 Å². The minimum atomic E-state index is -1.63. The van der Waals surface area contributed by atoms with Gasteiger partial charge in [0.15, 0.2) is 17.5 Å². The zero-order valence-electron chi connectivity index (χ0n) is 14.2. The van der Waals surface area contributed by atoms with Gasteiger partial charge in [-0.3, -0.25) is 0 Å². The number of rotatable bonds is 5. The molecule has 0 aliphatic carbocycles. The monoisotopic (exact) mass is 352 g/mol. The van der Waals surface area contributed by atoms with Crippen LogP contribution in [0.1, 0.15) is 16.7 Å². The van der Waals surface area contributed by atoms with E-state index < -0.39 is 29.2 Å². The molecule has 0 saturated carbocycles. The molecule has 2 N–H and O–H groups in total. The van der Waals surface area contributed by atoms with E-state index in [1.165, 1.54) is 0 Å². The molecule has 134 valence electrons. The molecule has 4 nitrogen and oxygen atoms in total. The molecular weight excluding hydrogens is 333 g/mol. The molecule has 0 radical (unpaired) electrons. The Morgan fingerprint density at radius 1 is 1.04 bits per heavy atom. The van der Waals surface area contributed by atoms with Crippen molar-refractivity contribution >= 4 is 11.7 Å². The molecular formula is C18H19F3N2O2. The summed E-state index contributed by atoms with van der Waals surface area (Å²) in [6.45, 7) is 6.22. The van der Waals surface area contributed by atoms with Crippen LogP contribution in [0.2, 0.25) is 0 Å². The van der Waals surface area contributed by atoms with E-state index in [9.17, 15) is 18.0 Å². The second-order valence-electron chi connectivity index (χ2n) is 5.68. The van der Waals surface area contributed by atoms with Gasteiger partial charge in [0.2, 0.25) is 0 Å².